The fourth-order valence-corrected chi connectivity index (χ4v) is 4.93. The van der Waals surface area contributed by atoms with Gasteiger partial charge in [-0.25, -0.2) is 4.90 Å². The standard InChI is InChI=1S/C21H29N3O3/c1-27-17-8-6-16(7-9-17)14-22-10-12-23(13-11-22)15-24-20(25)18-4-2-3-5-19(18)21(24)26/h6-9,18-19H,2-5,10-15H2,1H3/p+2/t18-,19-/m0/s1. The largest absolute Gasteiger partial charge is 0.497 e. The number of piperazine rings is 1. The molecule has 27 heavy (non-hydrogen) atoms. The van der Waals surface area contributed by atoms with E-state index < -0.39 is 0 Å². The molecule has 2 atom stereocenters. The Labute approximate surface area is 161 Å². The van der Waals surface area contributed by atoms with Crippen LogP contribution in [0.4, 0.5) is 0 Å². The Hall–Kier alpha value is -1.92. The van der Waals surface area contributed by atoms with Gasteiger partial charge in [-0.3, -0.25) is 9.59 Å². The van der Waals surface area contributed by atoms with Crippen LogP contribution in [0.25, 0.3) is 0 Å². The van der Waals surface area contributed by atoms with E-state index in [1.54, 1.807) is 16.9 Å². The molecule has 4 rings (SSSR count). The highest BCUT2D eigenvalue weighted by Gasteiger charge is 2.49. The maximum Gasteiger partial charge on any atom is 0.237 e. The predicted octanol–water partition coefficient (Wildman–Crippen LogP) is -0.889. The van der Waals surface area contributed by atoms with Gasteiger partial charge in [0.1, 0.15) is 38.5 Å². The Morgan fingerprint density at radius 1 is 0.926 bits per heavy atom. The van der Waals surface area contributed by atoms with Gasteiger partial charge in [0.15, 0.2) is 6.67 Å². The highest BCUT2D eigenvalue weighted by Crippen LogP contribution is 2.37. The number of carbonyl (C=O) groups excluding carboxylic acids is 2. The number of methoxy groups -OCH3 is 1. The monoisotopic (exact) mass is 373 g/mol. The van der Waals surface area contributed by atoms with Crippen LogP contribution in [-0.2, 0) is 16.1 Å². The second kappa shape index (κ2) is 7.98. The fraction of sp³-hybridized carbons (Fsp3) is 0.619. The van der Waals surface area contributed by atoms with Crippen LogP contribution in [0.5, 0.6) is 5.75 Å². The lowest BCUT2D eigenvalue weighted by atomic mass is 9.81. The molecule has 0 aromatic heterocycles. The van der Waals surface area contributed by atoms with Crippen LogP contribution in [0.2, 0.25) is 0 Å². The highest BCUT2D eigenvalue weighted by atomic mass is 16.5. The van der Waals surface area contributed by atoms with E-state index >= 15 is 0 Å². The lowest BCUT2D eigenvalue weighted by molar-refractivity contribution is -1.02. The molecule has 2 saturated heterocycles. The quantitative estimate of drug-likeness (QED) is 0.659. The number of benzene rings is 1. The van der Waals surface area contributed by atoms with Crippen molar-refractivity contribution in [1.82, 2.24) is 4.90 Å². The van der Waals surface area contributed by atoms with Gasteiger partial charge < -0.3 is 14.5 Å². The van der Waals surface area contributed by atoms with Crippen LogP contribution >= 0.6 is 0 Å². The lowest BCUT2D eigenvalue weighted by Gasteiger charge is -2.31. The van der Waals surface area contributed by atoms with E-state index in [4.69, 9.17) is 4.74 Å². The summed E-state index contributed by atoms with van der Waals surface area (Å²) in [6.07, 6.45) is 3.99. The fourth-order valence-electron chi connectivity index (χ4n) is 4.93. The third kappa shape index (κ3) is 3.87. The van der Waals surface area contributed by atoms with E-state index in [0.717, 1.165) is 64.2 Å². The minimum Gasteiger partial charge on any atom is -0.497 e. The van der Waals surface area contributed by atoms with Gasteiger partial charge >= 0.3 is 0 Å². The van der Waals surface area contributed by atoms with Gasteiger partial charge in [0, 0.05) is 5.56 Å². The number of nitrogens with zero attached hydrogens (tertiary/aromatic N) is 1. The minimum absolute atomic E-state index is 0.0207. The van der Waals surface area contributed by atoms with Crippen LogP contribution in [0.1, 0.15) is 31.2 Å². The number of ether oxygens (including phenoxy) is 1. The molecule has 1 aromatic rings. The Bertz CT molecular complexity index is 658. The summed E-state index contributed by atoms with van der Waals surface area (Å²) in [5.41, 5.74) is 1.32. The van der Waals surface area contributed by atoms with Crippen LogP contribution in [0.15, 0.2) is 24.3 Å². The van der Waals surface area contributed by atoms with Gasteiger partial charge in [0.05, 0.1) is 18.9 Å². The molecule has 3 fully saturated rings. The van der Waals surface area contributed by atoms with Crippen LogP contribution in [0, 0.1) is 11.8 Å². The minimum atomic E-state index is -0.0207. The molecule has 0 bridgehead atoms. The first-order valence-electron chi connectivity index (χ1n) is 10.3. The molecule has 2 aliphatic heterocycles. The molecule has 2 N–H and O–H groups in total. The van der Waals surface area contributed by atoms with E-state index in [0.29, 0.717) is 6.67 Å². The van der Waals surface area contributed by atoms with E-state index in [2.05, 4.69) is 12.1 Å². The Kier molecular flexibility index (Phi) is 5.45. The third-order valence-electron chi connectivity index (χ3n) is 6.59. The predicted molar refractivity (Wildman–Crippen MR) is 100 cm³/mol. The SMILES string of the molecule is COc1ccc(C[NH+]2CC[NH+](CN3C(=O)[C@H]4CCCC[C@@H]4C3=O)CC2)cc1. The van der Waals surface area contributed by atoms with E-state index in [1.165, 1.54) is 10.5 Å². The number of amides is 2. The Balaban J connectivity index is 1.28. The molecule has 3 aliphatic rings. The molecule has 1 aliphatic carbocycles. The van der Waals surface area contributed by atoms with Crippen molar-refractivity contribution in [1.29, 1.82) is 0 Å². The molecule has 6 heteroatoms. The molecular weight excluding hydrogens is 342 g/mol. The van der Waals surface area contributed by atoms with Crippen LogP contribution < -0.4 is 14.5 Å². The van der Waals surface area contributed by atoms with Crippen LogP contribution in [0.3, 0.4) is 0 Å². The lowest BCUT2D eigenvalue weighted by Crippen LogP contribution is -3.28. The molecule has 0 unspecified atom stereocenters. The molecule has 2 heterocycles. The number of carbonyl (C=O) groups is 2. The van der Waals surface area contributed by atoms with Crippen LogP contribution in [-0.4, -0.2) is 56.7 Å². The highest BCUT2D eigenvalue weighted by molar-refractivity contribution is 6.05. The van der Waals surface area contributed by atoms with Gasteiger partial charge in [-0.1, -0.05) is 12.8 Å². The van der Waals surface area contributed by atoms with Gasteiger partial charge in [-0.05, 0) is 37.1 Å². The number of fused-ring (bicyclic) bond motifs is 1. The Morgan fingerprint density at radius 2 is 1.48 bits per heavy atom. The summed E-state index contributed by atoms with van der Waals surface area (Å²) < 4.78 is 5.22. The molecule has 0 spiro atoms. The number of likely N-dealkylation sites (tertiary alicyclic amines) is 1. The summed E-state index contributed by atoms with van der Waals surface area (Å²) in [7, 11) is 1.69. The average Bonchev–Trinajstić information content (AvgIpc) is 2.95. The van der Waals surface area contributed by atoms with E-state index in [-0.39, 0.29) is 23.7 Å². The molecule has 1 aromatic carbocycles. The van der Waals surface area contributed by atoms with Crippen molar-refractivity contribution in [3.63, 3.8) is 0 Å². The number of rotatable bonds is 5. The molecular formula is C21H31N3O3+2. The first kappa shape index (κ1) is 18.4. The van der Waals surface area contributed by atoms with Gasteiger partial charge in [0.2, 0.25) is 11.8 Å². The molecule has 2 amide bonds. The zero-order chi connectivity index (χ0) is 18.8. The summed E-state index contributed by atoms with van der Waals surface area (Å²) in [5, 5.41) is 0. The molecule has 0 radical (unpaired) electrons. The number of quaternary nitrogens is 2. The maximum atomic E-state index is 12.7. The van der Waals surface area contributed by atoms with Crippen molar-refractivity contribution in [3.8, 4) is 5.75 Å². The molecule has 6 nitrogen and oxygen atoms in total. The second-order valence-corrected chi connectivity index (χ2v) is 8.28. The van der Waals surface area contributed by atoms with Gasteiger partial charge in [0.25, 0.3) is 0 Å². The average molecular weight is 373 g/mol. The van der Waals surface area contributed by atoms with Crippen molar-refractivity contribution >= 4 is 11.8 Å². The third-order valence-corrected chi connectivity index (χ3v) is 6.59. The van der Waals surface area contributed by atoms with Gasteiger partial charge in [-0.15, -0.1) is 0 Å². The normalized spacial score (nSPS) is 31.1. The molecule has 1 saturated carbocycles. The van der Waals surface area contributed by atoms with E-state index in [1.807, 2.05) is 12.1 Å². The summed E-state index contributed by atoms with van der Waals surface area (Å²) in [4.78, 5) is 29.8. The molecule has 146 valence electrons. The van der Waals surface area contributed by atoms with Crippen molar-refractivity contribution in [2.75, 3.05) is 40.0 Å². The van der Waals surface area contributed by atoms with Crippen molar-refractivity contribution in [2.24, 2.45) is 11.8 Å². The van der Waals surface area contributed by atoms with Crippen molar-refractivity contribution in [2.45, 2.75) is 32.2 Å². The smallest absolute Gasteiger partial charge is 0.237 e. The second-order valence-electron chi connectivity index (χ2n) is 8.28. The number of nitrogens with one attached hydrogen (secondary N) is 2. The zero-order valence-corrected chi connectivity index (χ0v) is 16.2. The Morgan fingerprint density at radius 3 is 2.04 bits per heavy atom. The summed E-state index contributed by atoms with van der Waals surface area (Å²) >= 11 is 0. The summed E-state index contributed by atoms with van der Waals surface area (Å²) in [5.74, 6) is 1.05. The van der Waals surface area contributed by atoms with Crippen molar-refractivity contribution < 1.29 is 24.1 Å². The first-order valence-corrected chi connectivity index (χ1v) is 10.3. The van der Waals surface area contributed by atoms with E-state index in [9.17, 15) is 9.59 Å². The zero-order valence-electron chi connectivity index (χ0n) is 16.2. The van der Waals surface area contributed by atoms with Gasteiger partial charge in [-0.2, -0.15) is 0 Å². The number of hydrogen-bond donors (Lipinski definition) is 2. The maximum absolute atomic E-state index is 12.7. The first-order chi connectivity index (χ1) is 13.2. The summed E-state index contributed by atoms with van der Waals surface area (Å²) in [6, 6.07) is 8.30. The number of hydrogen-bond acceptors (Lipinski definition) is 3. The topological polar surface area (TPSA) is 55.5 Å². The van der Waals surface area contributed by atoms with Crippen molar-refractivity contribution in [3.05, 3.63) is 29.8 Å². The number of imide groups is 1. The summed E-state index contributed by atoms with van der Waals surface area (Å²) in [6.45, 7) is 5.76.